The summed E-state index contributed by atoms with van der Waals surface area (Å²) in [6, 6.07) is 0. The average Bonchev–Trinajstić information content (AvgIpc) is 1.86. The van der Waals surface area contributed by atoms with Crippen molar-refractivity contribution in [3.05, 3.63) is 0 Å². The molecule has 4 heteroatoms. The van der Waals surface area contributed by atoms with E-state index >= 15 is 0 Å². The highest BCUT2D eigenvalue weighted by atomic mass is 33.7. The Morgan fingerprint density at radius 3 is 1.83 bits per heavy atom. The molecule has 0 nitrogen and oxygen atoms in total. The zero-order chi connectivity index (χ0) is 4.41. The van der Waals surface area contributed by atoms with Crippen molar-refractivity contribution >= 4 is 41.2 Å². The lowest BCUT2D eigenvalue weighted by Gasteiger charge is -1.86. The van der Waals surface area contributed by atoms with E-state index in [1.807, 2.05) is 41.2 Å². The largest absolute Gasteiger partial charge is 0.0698 e. The van der Waals surface area contributed by atoms with E-state index in [-0.39, 0.29) is 0 Å². The fraction of sp³-hybridized carbons (Fsp3) is 1.00. The fourth-order valence-electron chi connectivity index (χ4n) is 0.159. The Hall–Kier alpha value is 1.40. The molecule has 0 aliphatic carbocycles. The summed E-state index contributed by atoms with van der Waals surface area (Å²) in [6.07, 6.45) is 0. The Labute approximate surface area is 52.8 Å². The topological polar surface area (TPSA) is 0 Å². The summed E-state index contributed by atoms with van der Waals surface area (Å²) in [5, 5.41) is 0. The minimum atomic E-state index is 0.806. The molecule has 1 saturated heterocycles. The molecule has 0 aromatic heterocycles. The van der Waals surface area contributed by atoms with Gasteiger partial charge in [-0.25, -0.2) is 0 Å². The molecule has 1 fully saturated rings. The molecule has 0 aromatic rings. The van der Waals surface area contributed by atoms with Crippen molar-refractivity contribution in [1.29, 1.82) is 0 Å². The van der Waals surface area contributed by atoms with E-state index in [0.717, 1.165) is 4.58 Å². The third-order valence-electron chi connectivity index (χ3n) is 0.377. The van der Waals surface area contributed by atoms with Gasteiger partial charge in [-0.05, 0) is 26.6 Å². The van der Waals surface area contributed by atoms with Crippen LogP contribution in [0.15, 0.2) is 0 Å². The third-order valence-corrected chi connectivity index (χ3v) is 8.22. The van der Waals surface area contributed by atoms with Crippen LogP contribution in [0, 0.1) is 0 Å². The molecule has 0 radical (unpaired) electrons. The predicted octanol–water partition coefficient (Wildman–Crippen LogP) is 3.02. The van der Waals surface area contributed by atoms with Gasteiger partial charge < -0.3 is 0 Å². The van der Waals surface area contributed by atoms with Gasteiger partial charge in [0.2, 0.25) is 0 Å². The van der Waals surface area contributed by atoms with Gasteiger partial charge in [0.15, 0.2) is 0 Å². The molecule has 0 N–H and O–H groups in total. The molecule has 36 valence electrons. The molecule has 1 heterocycles. The first kappa shape index (κ1) is 5.54. The van der Waals surface area contributed by atoms with Crippen molar-refractivity contribution in [2.24, 2.45) is 0 Å². The van der Waals surface area contributed by atoms with Crippen LogP contribution in [0.4, 0.5) is 0 Å². The van der Waals surface area contributed by atoms with Gasteiger partial charge in [-0.1, -0.05) is 21.6 Å². The summed E-state index contributed by atoms with van der Waals surface area (Å²) in [4.78, 5) is 0. The van der Waals surface area contributed by atoms with Crippen molar-refractivity contribution in [1.82, 2.24) is 0 Å². The van der Waals surface area contributed by atoms with Gasteiger partial charge >= 0.3 is 0 Å². The maximum atomic E-state index is 2.22. The molecule has 0 bridgehead atoms. The molecule has 0 spiro atoms. The maximum Gasteiger partial charge on any atom is 0.0698 e. The van der Waals surface area contributed by atoms with Crippen LogP contribution in [-0.2, 0) is 0 Å². The normalized spacial score (nSPS) is 25.5. The van der Waals surface area contributed by atoms with Crippen LogP contribution in [0.3, 0.4) is 0 Å². The fourth-order valence-corrected chi connectivity index (χ4v) is 8.62. The first-order valence-electron chi connectivity index (χ1n) is 1.55. The van der Waals surface area contributed by atoms with Crippen LogP contribution in [-0.4, -0.2) is 4.58 Å². The number of hydrogen-bond acceptors (Lipinski definition) is 4. The Morgan fingerprint density at radius 1 is 1.17 bits per heavy atom. The second-order valence-electron chi connectivity index (χ2n) is 0.896. The van der Waals surface area contributed by atoms with Gasteiger partial charge in [0.25, 0.3) is 0 Å². The molecular weight excluding hydrogens is 152 g/mol. The van der Waals surface area contributed by atoms with E-state index in [4.69, 9.17) is 0 Å². The van der Waals surface area contributed by atoms with Crippen molar-refractivity contribution in [2.75, 3.05) is 0 Å². The van der Waals surface area contributed by atoms with E-state index in [2.05, 4.69) is 6.92 Å². The Morgan fingerprint density at radius 2 is 1.67 bits per heavy atom. The molecule has 0 saturated carbocycles. The van der Waals surface area contributed by atoms with E-state index in [1.165, 1.54) is 0 Å². The SMILES string of the molecule is CC1SSSS1. The monoisotopic (exact) mass is 156 g/mol. The van der Waals surface area contributed by atoms with Crippen LogP contribution >= 0.6 is 41.2 Å². The summed E-state index contributed by atoms with van der Waals surface area (Å²) in [5.41, 5.74) is 0. The van der Waals surface area contributed by atoms with Gasteiger partial charge in [-0.15, -0.1) is 0 Å². The molecular formula is C2H4S4. The van der Waals surface area contributed by atoms with E-state index in [1.54, 1.807) is 0 Å². The highest BCUT2D eigenvalue weighted by molar-refractivity contribution is 9.31. The lowest BCUT2D eigenvalue weighted by Crippen LogP contribution is -1.71. The first-order chi connectivity index (χ1) is 2.89. The van der Waals surface area contributed by atoms with Crippen molar-refractivity contribution in [3.63, 3.8) is 0 Å². The van der Waals surface area contributed by atoms with Gasteiger partial charge in [0, 0.05) is 0 Å². The standard InChI is InChI=1S/C2H4S4/c1-2-3-5-6-4-2/h2H,1H3. The van der Waals surface area contributed by atoms with Crippen molar-refractivity contribution < 1.29 is 0 Å². The van der Waals surface area contributed by atoms with Crippen LogP contribution in [0.2, 0.25) is 0 Å². The van der Waals surface area contributed by atoms with Gasteiger partial charge in [-0.2, -0.15) is 0 Å². The minimum absolute atomic E-state index is 0.806. The van der Waals surface area contributed by atoms with Gasteiger partial charge in [0.05, 0.1) is 4.58 Å². The Kier molecular flexibility index (Phi) is 2.44. The smallest absolute Gasteiger partial charge is 0.0667 e. The minimum Gasteiger partial charge on any atom is -0.0667 e. The highest BCUT2D eigenvalue weighted by Gasteiger charge is 2.11. The first-order valence-corrected chi connectivity index (χ1v) is 6.49. The zero-order valence-electron chi connectivity index (χ0n) is 3.21. The number of hydrogen-bond donors (Lipinski definition) is 0. The second kappa shape index (κ2) is 2.64. The van der Waals surface area contributed by atoms with Crippen LogP contribution in [0.25, 0.3) is 0 Å². The zero-order valence-corrected chi connectivity index (χ0v) is 6.48. The maximum absolute atomic E-state index is 2.22. The lowest BCUT2D eigenvalue weighted by molar-refractivity contribution is 1.45. The molecule has 0 amide bonds. The molecule has 0 atom stereocenters. The summed E-state index contributed by atoms with van der Waals surface area (Å²) in [7, 11) is 7.64. The number of rotatable bonds is 0. The predicted molar refractivity (Wildman–Crippen MR) is 39.8 cm³/mol. The summed E-state index contributed by atoms with van der Waals surface area (Å²) in [6.45, 7) is 2.22. The molecule has 0 unspecified atom stereocenters. The van der Waals surface area contributed by atoms with Crippen LogP contribution < -0.4 is 0 Å². The second-order valence-corrected chi connectivity index (χ2v) is 7.69. The molecule has 1 rings (SSSR count). The van der Waals surface area contributed by atoms with Gasteiger partial charge in [-0.3, -0.25) is 0 Å². The van der Waals surface area contributed by atoms with Crippen molar-refractivity contribution in [3.8, 4) is 0 Å². The summed E-state index contributed by atoms with van der Waals surface area (Å²) >= 11 is 0. The molecule has 1 aliphatic heterocycles. The average molecular weight is 156 g/mol. The van der Waals surface area contributed by atoms with Crippen LogP contribution in [0.5, 0.6) is 0 Å². The Balaban J connectivity index is 2.18. The quantitative estimate of drug-likeness (QED) is 0.494. The van der Waals surface area contributed by atoms with Gasteiger partial charge in [0.1, 0.15) is 0 Å². The van der Waals surface area contributed by atoms with Crippen LogP contribution in [0.1, 0.15) is 6.92 Å². The third kappa shape index (κ3) is 1.48. The molecule has 0 aromatic carbocycles. The summed E-state index contributed by atoms with van der Waals surface area (Å²) in [5.74, 6) is 0. The lowest BCUT2D eigenvalue weighted by atomic mass is 11.0. The van der Waals surface area contributed by atoms with E-state index in [9.17, 15) is 0 Å². The summed E-state index contributed by atoms with van der Waals surface area (Å²) < 4.78 is 0.806. The molecule has 1 aliphatic rings. The van der Waals surface area contributed by atoms with Crippen molar-refractivity contribution in [2.45, 2.75) is 11.5 Å². The molecule has 6 heavy (non-hydrogen) atoms. The Bertz CT molecular complexity index is 38.8. The van der Waals surface area contributed by atoms with E-state index in [0.29, 0.717) is 0 Å². The highest BCUT2D eigenvalue weighted by Crippen LogP contribution is 2.58. The van der Waals surface area contributed by atoms with E-state index < -0.39 is 0 Å².